The Hall–Kier alpha value is -0.610. The van der Waals surface area contributed by atoms with Crippen molar-refractivity contribution < 1.29 is 4.79 Å². The highest BCUT2D eigenvalue weighted by Gasteiger charge is 2.21. The molecule has 1 unspecified atom stereocenters. The van der Waals surface area contributed by atoms with E-state index in [4.69, 9.17) is 0 Å². The smallest absolute Gasteiger partial charge is 0.220 e. The van der Waals surface area contributed by atoms with E-state index in [0.29, 0.717) is 24.3 Å². The van der Waals surface area contributed by atoms with Gasteiger partial charge in [-0.3, -0.25) is 4.79 Å². The first-order chi connectivity index (χ1) is 7.50. The summed E-state index contributed by atoms with van der Waals surface area (Å²) < 4.78 is 0. The molecule has 16 heavy (non-hydrogen) atoms. The lowest BCUT2D eigenvalue weighted by Gasteiger charge is -2.29. The Morgan fingerprint density at radius 2 is 2.06 bits per heavy atom. The number of carbonyl (C=O) groups excluding carboxylic acids is 1. The van der Waals surface area contributed by atoms with Crippen molar-refractivity contribution in [3.63, 3.8) is 0 Å². The van der Waals surface area contributed by atoms with E-state index in [9.17, 15) is 4.79 Å². The molecular weight excluding hydrogens is 202 g/mol. The second kappa shape index (κ2) is 6.21. The molecule has 4 nitrogen and oxygen atoms in total. The minimum absolute atomic E-state index is 0.194. The Balaban J connectivity index is 2.22. The van der Waals surface area contributed by atoms with Crippen LogP contribution in [-0.2, 0) is 4.79 Å². The van der Waals surface area contributed by atoms with E-state index in [-0.39, 0.29) is 5.91 Å². The van der Waals surface area contributed by atoms with Gasteiger partial charge in [0.25, 0.3) is 0 Å². The molecule has 1 fully saturated rings. The Morgan fingerprint density at radius 3 is 2.44 bits per heavy atom. The lowest BCUT2D eigenvalue weighted by atomic mass is 9.98. The van der Waals surface area contributed by atoms with Crippen molar-refractivity contribution in [1.29, 1.82) is 0 Å². The molecule has 2 N–H and O–H groups in total. The van der Waals surface area contributed by atoms with E-state index in [0.717, 1.165) is 19.6 Å². The van der Waals surface area contributed by atoms with Gasteiger partial charge in [-0.2, -0.15) is 0 Å². The van der Waals surface area contributed by atoms with Crippen LogP contribution in [0.3, 0.4) is 0 Å². The zero-order chi connectivity index (χ0) is 12.1. The number of hydrogen-bond donors (Lipinski definition) is 2. The summed E-state index contributed by atoms with van der Waals surface area (Å²) in [5.41, 5.74) is 0. The SMILES string of the molecule is CC(C)C(CNC(=O)CC1CNC1)N(C)C. The van der Waals surface area contributed by atoms with Crippen LogP contribution in [0.5, 0.6) is 0 Å². The van der Waals surface area contributed by atoms with Crippen LogP contribution in [-0.4, -0.2) is 50.6 Å². The molecule has 1 aliphatic heterocycles. The van der Waals surface area contributed by atoms with Crippen LogP contribution in [0.15, 0.2) is 0 Å². The molecule has 0 aromatic carbocycles. The van der Waals surface area contributed by atoms with Gasteiger partial charge in [-0.05, 0) is 39.0 Å². The quantitative estimate of drug-likeness (QED) is 0.686. The van der Waals surface area contributed by atoms with Crippen molar-refractivity contribution in [2.24, 2.45) is 11.8 Å². The zero-order valence-electron chi connectivity index (χ0n) is 10.9. The number of amides is 1. The molecule has 0 saturated carbocycles. The van der Waals surface area contributed by atoms with Crippen molar-refractivity contribution >= 4 is 5.91 Å². The van der Waals surface area contributed by atoms with Gasteiger partial charge in [0, 0.05) is 19.0 Å². The first kappa shape index (κ1) is 13.5. The third-order valence-electron chi connectivity index (χ3n) is 3.28. The molecule has 1 atom stereocenters. The highest BCUT2D eigenvalue weighted by molar-refractivity contribution is 5.76. The molecule has 0 aromatic heterocycles. The predicted octanol–water partition coefficient (Wildman–Crippen LogP) is 0.298. The lowest BCUT2D eigenvalue weighted by Crippen LogP contribution is -2.47. The topological polar surface area (TPSA) is 44.4 Å². The van der Waals surface area contributed by atoms with E-state index < -0.39 is 0 Å². The van der Waals surface area contributed by atoms with Gasteiger partial charge in [-0.1, -0.05) is 13.8 Å². The summed E-state index contributed by atoms with van der Waals surface area (Å²) in [6, 6.07) is 0.420. The van der Waals surface area contributed by atoms with Crippen molar-refractivity contribution in [3.05, 3.63) is 0 Å². The van der Waals surface area contributed by atoms with Gasteiger partial charge < -0.3 is 15.5 Å². The molecule has 1 rings (SSSR count). The number of hydrogen-bond acceptors (Lipinski definition) is 3. The first-order valence-corrected chi connectivity index (χ1v) is 6.14. The van der Waals surface area contributed by atoms with Crippen LogP contribution in [0, 0.1) is 11.8 Å². The largest absolute Gasteiger partial charge is 0.355 e. The van der Waals surface area contributed by atoms with Gasteiger partial charge >= 0.3 is 0 Å². The van der Waals surface area contributed by atoms with Gasteiger partial charge in [0.2, 0.25) is 5.91 Å². The molecule has 1 aliphatic rings. The molecule has 4 heteroatoms. The van der Waals surface area contributed by atoms with Crippen molar-refractivity contribution in [2.45, 2.75) is 26.3 Å². The molecule has 94 valence electrons. The third kappa shape index (κ3) is 4.10. The van der Waals surface area contributed by atoms with E-state index in [1.54, 1.807) is 0 Å². The summed E-state index contributed by atoms with van der Waals surface area (Å²) in [5.74, 6) is 1.30. The van der Waals surface area contributed by atoms with Gasteiger partial charge in [-0.25, -0.2) is 0 Å². The number of nitrogens with one attached hydrogen (secondary N) is 2. The van der Waals surface area contributed by atoms with E-state index in [1.165, 1.54) is 0 Å². The molecular formula is C12H25N3O. The molecule has 1 saturated heterocycles. The van der Waals surface area contributed by atoms with Crippen molar-refractivity contribution in [3.8, 4) is 0 Å². The van der Waals surface area contributed by atoms with Gasteiger partial charge in [0.05, 0.1) is 0 Å². The second-order valence-electron chi connectivity index (χ2n) is 5.31. The molecule has 1 heterocycles. The second-order valence-corrected chi connectivity index (χ2v) is 5.31. The molecule has 0 aromatic rings. The van der Waals surface area contributed by atoms with Crippen LogP contribution >= 0.6 is 0 Å². The number of likely N-dealkylation sites (N-methyl/N-ethyl adjacent to an activating group) is 1. The maximum absolute atomic E-state index is 11.6. The zero-order valence-corrected chi connectivity index (χ0v) is 10.9. The van der Waals surface area contributed by atoms with Crippen LogP contribution < -0.4 is 10.6 Å². The van der Waals surface area contributed by atoms with E-state index in [2.05, 4.69) is 43.5 Å². The van der Waals surface area contributed by atoms with Crippen molar-refractivity contribution in [2.75, 3.05) is 33.7 Å². The number of nitrogens with zero attached hydrogens (tertiary/aromatic N) is 1. The fraction of sp³-hybridized carbons (Fsp3) is 0.917. The minimum atomic E-state index is 0.194. The summed E-state index contributed by atoms with van der Waals surface area (Å²) in [4.78, 5) is 13.8. The average Bonchev–Trinajstić information content (AvgIpc) is 2.10. The van der Waals surface area contributed by atoms with E-state index in [1.807, 2.05) is 0 Å². The lowest BCUT2D eigenvalue weighted by molar-refractivity contribution is -0.122. The maximum Gasteiger partial charge on any atom is 0.220 e. The monoisotopic (exact) mass is 227 g/mol. The first-order valence-electron chi connectivity index (χ1n) is 6.14. The van der Waals surface area contributed by atoms with Gasteiger partial charge in [0.15, 0.2) is 0 Å². The summed E-state index contributed by atoms with van der Waals surface area (Å²) in [7, 11) is 4.12. The van der Waals surface area contributed by atoms with Gasteiger partial charge in [-0.15, -0.1) is 0 Å². The number of rotatable bonds is 6. The van der Waals surface area contributed by atoms with Crippen LogP contribution in [0.4, 0.5) is 0 Å². The van der Waals surface area contributed by atoms with Crippen molar-refractivity contribution in [1.82, 2.24) is 15.5 Å². The fourth-order valence-electron chi connectivity index (χ4n) is 2.06. The normalized spacial score (nSPS) is 18.6. The van der Waals surface area contributed by atoms with Gasteiger partial charge in [0.1, 0.15) is 0 Å². The molecule has 0 spiro atoms. The minimum Gasteiger partial charge on any atom is -0.355 e. The molecule has 1 amide bonds. The highest BCUT2D eigenvalue weighted by atomic mass is 16.1. The molecule has 0 aliphatic carbocycles. The Morgan fingerprint density at radius 1 is 1.44 bits per heavy atom. The molecule has 0 bridgehead atoms. The summed E-state index contributed by atoms with van der Waals surface area (Å²) in [6.07, 6.45) is 0.672. The summed E-state index contributed by atoms with van der Waals surface area (Å²) in [6.45, 7) is 7.12. The van der Waals surface area contributed by atoms with Crippen LogP contribution in [0.25, 0.3) is 0 Å². The predicted molar refractivity (Wildman–Crippen MR) is 66.3 cm³/mol. The van der Waals surface area contributed by atoms with Crippen LogP contribution in [0.2, 0.25) is 0 Å². The molecule has 0 radical (unpaired) electrons. The average molecular weight is 227 g/mol. The van der Waals surface area contributed by atoms with Crippen LogP contribution in [0.1, 0.15) is 20.3 Å². The summed E-state index contributed by atoms with van der Waals surface area (Å²) >= 11 is 0. The Labute approximate surface area is 98.8 Å². The Kier molecular flexibility index (Phi) is 5.22. The fourth-order valence-corrected chi connectivity index (χ4v) is 2.06. The van der Waals surface area contributed by atoms with E-state index >= 15 is 0 Å². The standard InChI is InChI=1S/C12H25N3O/c1-9(2)11(15(3)4)8-14-12(16)5-10-6-13-7-10/h9-11,13H,5-8H2,1-4H3,(H,14,16). The Bertz CT molecular complexity index is 216. The number of carbonyl (C=O) groups is 1. The maximum atomic E-state index is 11.6. The highest BCUT2D eigenvalue weighted by Crippen LogP contribution is 2.09. The summed E-state index contributed by atoms with van der Waals surface area (Å²) in [5, 5.41) is 6.22. The third-order valence-corrected chi connectivity index (χ3v) is 3.28.